The lowest BCUT2D eigenvalue weighted by molar-refractivity contribution is 0.306. The third-order valence-electron chi connectivity index (χ3n) is 2.35. The van der Waals surface area contributed by atoms with Crippen LogP contribution in [0.5, 0.6) is 5.75 Å². The van der Waals surface area contributed by atoms with Gasteiger partial charge in [0.15, 0.2) is 0 Å². The SMILES string of the molecule is C#N.C#N.NN=Cc1ccc(OCc2ccccc2)cc1. The third-order valence-corrected chi connectivity index (χ3v) is 2.35. The van der Waals surface area contributed by atoms with E-state index in [2.05, 4.69) is 18.2 Å². The molecule has 0 aromatic heterocycles. The smallest absolute Gasteiger partial charge is 0.119 e. The van der Waals surface area contributed by atoms with E-state index in [1.165, 1.54) is 0 Å². The summed E-state index contributed by atoms with van der Waals surface area (Å²) in [5.41, 5.74) is 2.11. The fraction of sp³-hybridized carbons (Fsp3) is 0.0625. The number of nitriles is 2. The van der Waals surface area contributed by atoms with Crippen LogP contribution in [0.4, 0.5) is 0 Å². The molecule has 0 unspecified atom stereocenters. The molecule has 2 N–H and O–H groups in total. The van der Waals surface area contributed by atoms with Crippen molar-refractivity contribution in [3.05, 3.63) is 65.7 Å². The maximum Gasteiger partial charge on any atom is 0.119 e. The Morgan fingerprint density at radius 2 is 1.52 bits per heavy atom. The first-order chi connectivity index (χ1) is 10.4. The van der Waals surface area contributed by atoms with Gasteiger partial charge in [0.25, 0.3) is 0 Å². The topological polar surface area (TPSA) is 95.2 Å². The molecule has 5 heteroatoms. The molecule has 0 radical (unpaired) electrons. The van der Waals surface area contributed by atoms with Gasteiger partial charge in [-0.2, -0.15) is 5.10 Å². The van der Waals surface area contributed by atoms with Crippen molar-refractivity contribution >= 4 is 6.21 Å². The lowest BCUT2D eigenvalue weighted by Crippen LogP contribution is -1.95. The molecule has 2 rings (SSSR count). The van der Waals surface area contributed by atoms with Crippen LogP contribution in [0.2, 0.25) is 0 Å². The van der Waals surface area contributed by atoms with Crippen molar-refractivity contribution < 1.29 is 4.74 Å². The molecule has 0 saturated heterocycles. The van der Waals surface area contributed by atoms with Crippen molar-refractivity contribution in [2.45, 2.75) is 6.61 Å². The molecule has 0 heterocycles. The van der Waals surface area contributed by atoms with Gasteiger partial charge >= 0.3 is 0 Å². The summed E-state index contributed by atoms with van der Waals surface area (Å²) in [6, 6.07) is 17.7. The monoisotopic (exact) mass is 280 g/mol. The van der Waals surface area contributed by atoms with Gasteiger partial charge in [-0.3, -0.25) is 0 Å². The quantitative estimate of drug-likeness (QED) is 0.529. The fourth-order valence-corrected chi connectivity index (χ4v) is 1.48. The first-order valence-corrected chi connectivity index (χ1v) is 5.90. The van der Waals surface area contributed by atoms with Crippen LogP contribution in [-0.2, 0) is 6.61 Å². The molecule has 0 amide bonds. The molecule has 0 saturated carbocycles. The standard InChI is InChI=1S/C14H14N2O.2CHN/c15-16-10-12-6-8-14(9-7-12)17-11-13-4-2-1-3-5-13;2*1-2/h1-10H,11,15H2;2*1H. The minimum atomic E-state index is 0.575. The van der Waals surface area contributed by atoms with Crippen molar-refractivity contribution in [2.24, 2.45) is 10.9 Å². The van der Waals surface area contributed by atoms with Crippen molar-refractivity contribution in [1.82, 2.24) is 0 Å². The highest BCUT2D eigenvalue weighted by Gasteiger charge is 1.95. The van der Waals surface area contributed by atoms with Crippen molar-refractivity contribution in [3.8, 4) is 18.9 Å². The second-order valence-electron chi connectivity index (χ2n) is 3.62. The fourth-order valence-electron chi connectivity index (χ4n) is 1.48. The molecule has 0 fully saturated rings. The molecule has 0 aliphatic heterocycles. The summed E-state index contributed by atoms with van der Waals surface area (Å²) in [4.78, 5) is 0. The van der Waals surface area contributed by atoms with E-state index in [-0.39, 0.29) is 0 Å². The van der Waals surface area contributed by atoms with E-state index in [0.29, 0.717) is 6.61 Å². The number of hydrogen-bond acceptors (Lipinski definition) is 5. The van der Waals surface area contributed by atoms with E-state index in [4.69, 9.17) is 21.1 Å². The Morgan fingerprint density at radius 3 is 2.05 bits per heavy atom. The summed E-state index contributed by atoms with van der Waals surface area (Å²) >= 11 is 0. The highest BCUT2D eigenvalue weighted by atomic mass is 16.5. The third kappa shape index (κ3) is 7.00. The normalized spacial score (nSPS) is 8.76. The van der Waals surface area contributed by atoms with Gasteiger partial charge in [0, 0.05) is 13.1 Å². The number of hydrogen-bond donors (Lipinski definition) is 1. The summed E-state index contributed by atoms with van der Waals surface area (Å²) in [5, 5.41) is 16.5. The predicted octanol–water partition coefficient (Wildman–Crippen LogP) is 2.84. The number of hydrazone groups is 1. The predicted molar refractivity (Wildman–Crippen MR) is 82.3 cm³/mol. The van der Waals surface area contributed by atoms with Gasteiger partial charge < -0.3 is 10.6 Å². The van der Waals surface area contributed by atoms with Gasteiger partial charge in [0.05, 0.1) is 6.21 Å². The minimum absolute atomic E-state index is 0.575. The molecule has 0 bridgehead atoms. The van der Waals surface area contributed by atoms with Gasteiger partial charge in [0.1, 0.15) is 12.4 Å². The molecule has 0 atom stereocenters. The highest BCUT2D eigenvalue weighted by molar-refractivity contribution is 5.79. The second-order valence-corrected chi connectivity index (χ2v) is 3.62. The van der Waals surface area contributed by atoms with E-state index in [0.717, 1.165) is 16.9 Å². The zero-order valence-electron chi connectivity index (χ0n) is 11.5. The van der Waals surface area contributed by atoms with Gasteiger partial charge in [-0.05, 0) is 35.4 Å². The Hall–Kier alpha value is -3.31. The molecule has 0 aliphatic carbocycles. The van der Waals surface area contributed by atoms with E-state index in [1.807, 2.05) is 54.6 Å². The maximum atomic E-state index is 6.50. The average molecular weight is 280 g/mol. The van der Waals surface area contributed by atoms with Crippen LogP contribution in [0.25, 0.3) is 0 Å². The van der Waals surface area contributed by atoms with Crippen LogP contribution in [-0.4, -0.2) is 6.21 Å². The minimum Gasteiger partial charge on any atom is -0.489 e. The lowest BCUT2D eigenvalue weighted by Gasteiger charge is -2.06. The van der Waals surface area contributed by atoms with Crippen LogP contribution in [0.3, 0.4) is 0 Å². The van der Waals surface area contributed by atoms with E-state index in [9.17, 15) is 0 Å². The van der Waals surface area contributed by atoms with E-state index >= 15 is 0 Å². The highest BCUT2D eigenvalue weighted by Crippen LogP contribution is 2.13. The molecule has 5 nitrogen and oxygen atoms in total. The van der Waals surface area contributed by atoms with Crippen LogP contribution >= 0.6 is 0 Å². The number of benzene rings is 2. The van der Waals surface area contributed by atoms with Crippen LogP contribution < -0.4 is 10.6 Å². The zero-order valence-corrected chi connectivity index (χ0v) is 11.5. The van der Waals surface area contributed by atoms with Crippen LogP contribution in [0, 0.1) is 23.7 Å². The molecule has 2 aromatic carbocycles. The molecular formula is C16H16N4O. The summed E-state index contributed by atoms with van der Waals surface area (Å²) in [7, 11) is 0. The Bertz CT molecular complexity index is 553. The van der Waals surface area contributed by atoms with Crippen LogP contribution in [0.1, 0.15) is 11.1 Å². The summed E-state index contributed by atoms with van der Waals surface area (Å²) in [5.74, 6) is 5.91. The van der Waals surface area contributed by atoms with E-state index < -0.39 is 0 Å². The Morgan fingerprint density at radius 1 is 0.952 bits per heavy atom. The first-order valence-electron chi connectivity index (χ1n) is 5.90. The Kier molecular flexibility index (Phi) is 9.91. The number of rotatable bonds is 4. The summed E-state index contributed by atoms with van der Waals surface area (Å²) in [6.45, 7) is 7.57. The molecule has 0 aliphatic rings. The number of nitrogens with two attached hydrogens (primary N) is 1. The summed E-state index contributed by atoms with van der Waals surface area (Å²) < 4.78 is 5.65. The van der Waals surface area contributed by atoms with Crippen molar-refractivity contribution in [3.63, 3.8) is 0 Å². The van der Waals surface area contributed by atoms with Gasteiger partial charge in [-0.1, -0.05) is 30.3 Å². The second kappa shape index (κ2) is 11.8. The molecule has 0 spiro atoms. The molecule has 21 heavy (non-hydrogen) atoms. The molecule has 106 valence electrons. The molecular weight excluding hydrogens is 264 g/mol. The summed E-state index contributed by atoms with van der Waals surface area (Å²) in [6.07, 6.45) is 1.60. The Labute approximate surface area is 124 Å². The van der Waals surface area contributed by atoms with Crippen molar-refractivity contribution in [1.29, 1.82) is 10.5 Å². The largest absolute Gasteiger partial charge is 0.489 e. The first kappa shape index (κ1) is 17.7. The number of ether oxygens (including phenoxy) is 1. The number of nitrogens with zero attached hydrogens (tertiary/aromatic N) is 3. The van der Waals surface area contributed by atoms with Crippen molar-refractivity contribution in [2.75, 3.05) is 0 Å². The zero-order chi connectivity index (χ0) is 15.9. The molecule has 2 aromatic rings. The van der Waals surface area contributed by atoms with Crippen LogP contribution in [0.15, 0.2) is 59.7 Å². The van der Waals surface area contributed by atoms with Gasteiger partial charge in [-0.25, -0.2) is 10.5 Å². The van der Waals surface area contributed by atoms with Gasteiger partial charge in [-0.15, -0.1) is 0 Å². The Balaban J connectivity index is 0.000000921. The lowest BCUT2D eigenvalue weighted by atomic mass is 10.2. The maximum absolute atomic E-state index is 6.50. The van der Waals surface area contributed by atoms with Gasteiger partial charge in [0.2, 0.25) is 0 Å². The van der Waals surface area contributed by atoms with E-state index in [1.54, 1.807) is 6.21 Å². The average Bonchev–Trinajstić information content (AvgIpc) is 2.59.